The number of aliphatic hydroxyl groups excluding tert-OH is 1. The third-order valence-electron chi connectivity index (χ3n) is 2.75. The van der Waals surface area contributed by atoms with E-state index in [0.29, 0.717) is 11.1 Å². The molecular formula is C14H11Br2FO2. The van der Waals surface area contributed by atoms with Crippen LogP contribution in [0, 0.1) is 5.82 Å². The van der Waals surface area contributed by atoms with Gasteiger partial charge in [0, 0.05) is 8.95 Å². The lowest BCUT2D eigenvalue weighted by Gasteiger charge is -2.14. The minimum Gasteiger partial charge on any atom is -0.494 e. The van der Waals surface area contributed by atoms with Crippen molar-refractivity contribution in [2.45, 2.75) is 6.10 Å². The molecule has 5 heteroatoms. The standard InChI is InChI=1S/C14H11Br2FO2/c1-19-13-5-2-8(6-12(13)17)14(18)10-4-3-9(15)7-11(10)16/h2-7,14,18H,1H3. The van der Waals surface area contributed by atoms with E-state index in [4.69, 9.17) is 4.74 Å². The monoisotopic (exact) mass is 388 g/mol. The second kappa shape index (κ2) is 6.03. The van der Waals surface area contributed by atoms with Crippen molar-refractivity contribution in [1.29, 1.82) is 0 Å². The van der Waals surface area contributed by atoms with Crippen LogP contribution in [-0.4, -0.2) is 12.2 Å². The summed E-state index contributed by atoms with van der Waals surface area (Å²) in [6, 6.07) is 9.85. The quantitative estimate of drug-likeness (QED) is 0.840. The lowest BCUT2D eigenvalue weighted by Crippen LogP contribution is -2.02. The van der Waals surface area contributed by atoms with E-state index in [-0.39, 0.29) is 5.75 Å². The summed E-state index contributed by atoms with van der Waals surface area (Å²) in [4.78, 5) is 0. The molecule has 0 spiro atoms. The van der Waals surface area contributed by atoms with Gasteiger partial charge in [-0.25, -0.2) is 4.39 Å². The van der Waals surface area contributed by atoms with E-state index in [1.165, 1.54) is 19.2 Å². The highest BCUT2D eigenvalue weighted by Crippen LogP contribution is 2.32. The van der Waals surface area contributed by atoms with Gasteiger partial charge in [-0.1, -0.05) is 44.0 Å². The molecule has 2 aromatic carbocycles. The van der Waals surface area contributed by atoms with Crippen molar-refractivity contribution in [1.82, 2.24) is 0 Å². The first-order valence-electron chi connectivity index (χ1n) is 5.49. The number of hydrogen-bond acceptors (Lipinski definition) is 2. The van der Waals surface area contributed by atoms with E-state index in [0.717, 1.165) is 8.95 Å². The first kappa shape index (κ1) is 14.5. The van der Waals surface area contributed by atoms with Crippen molar-refractivity contribution < 1.29 is 14.2 Å². The first-order valence-corrected chi connectivity index (χ1v) is 7.08. The maximum absolute atomic E-state index is 13.6. The summed E-state index contributed by atoms with van der Waals surface area (Å²) in [6.07, 6.45) is -0.900. The van der Waals surface area contributed by atoms with Gasteiger partial charge in [-0.05, 0) is 35.4 Å². The number of rotatable bonds is 3. The van der Waals surface area contributed by atoms with Crippen LogP contribution in [-0.2, 0) is 0 Å². The van der Waals surface area contributed by atoms with Crippen LogP contribution >= 0.6 is 31.9 Å². The molecule has 0 amide bonds. The van der Waals surface area contributed by atoms with Crippen LogP contribution in [0.3, 0.4) is 0 Å². The van der Waals surface area contributed by atoms with E-state index in [9.17, 15) is 9.50 Å². The molecule has 2 rings (SSSR count). The number of benzene rings is 2. The van der Waals surface area contributed by atoms with E-state index >= 15 is 0 Å². The molecule has 1 unspecified atom stereocenters. The van der Waals surface area contributed by atoms with Crippen LogP contribution in [0.1, 0.15) is 17.2 Å². The molecule has 2 nitrogen and oxygen atoms in total. The van der Waals surface area contributed by atoms with Gasteiger partial charge in [0.2, 0.25) is 0 Å². The van der Waals surface area contributed by atoms with Crippen LogP contribution in [0.2, 0.25) is 0 Å². The highest BCUT2D eigenvalue weighted by molar-refractivity contribution is 9.11. The van der Waals surface area contributed by atoms with E-state index in [1.807, 2.05) is 12.1 Å². The van der Waals surface area contributed by atoms with Gasteiger partial charge < -0.3 is 9.84 Å². The second-order valence-corrected chi connectivity index (χ2v) is 5.73. The molecule has 19 heavy (non-hydrogen) atoms. The number of ether oxygens (including phenoxy) is 1. The summed E-state index contributed by atoms with van der Waals surface area (Å²) in [5, 5.41) is 10.3. The molecular weight excluding hydrogens is 379 g/mol. The summed E-state index contributed by atoms with van der Waals surface area (Å²) >= 11 is 6.73. The van der Waals surface area contributed by atoms with Crippen molar-refractivity contribution in [3.8, 4) is 5.75 Å². The maximum atomic E-state index is 13.6. The van der Waals surface area contributed by atoms with Crippen molar-refractivity contribution in [3.05, 3.63) is 62.3 Å². The molecule has 0 aliphatic heterocycles. The molecule has 0 fully saturated rings. The van der Waals surface area contributed by atoms with Crippen LogP contribution in [0.15, 0.2) is 45.3 Å². The Labute approximate surface area is 127 Å². The van der Waals surface area contributed by atoms with Crippen molar-refractivity contribution in [3.63, 3.8) is 0 Å². The third-order valence-corrected chi connectivity index (χ3v) is 3.93. The number of hydrogen-bond donors (Lipinski definition) is 1. The highest BCUT2D eigenvalue weighted by Gasteiger charge is 2.16. The van der Waals surface area contributed by atoms with E-state index in [1.54, 1.807) is 12.1 Å². The Morgan fingerprint density at radius 1 is 1.16 bits per heavy atom. The Balaban J connectivity index is 2.38. The Bertz CT molecular complexity index is 602. The van der Waals surface area contributed by atoms with Gasteiger partial charge >= 0.3 is 0 Å². The maximum Gasteiger partial charge on any atom is 0.165 e. The van der Waals surface area contributed by atoms with Crippen LogP contribution < -0.4 is 4.74 Å². The number of halogens is 3. The Morgan fingerprint density at radius 3 is 2.47 bits per heavy atom. The van der Waals surface area contributed by atoms with E-state index < -0.39 is 11.9 Å². The third kappa shape index (κ3) is 3.16. The Hall–Kier alpha value is -0.910. The van der Waals surface area contributed by atoms with Gasteiger partial charge in [-0.15, -0.1) is 0 Å². The average Bonchev–Trinajstić information content (AvgIpc) is 2.38. The molecule has 0 saturated heterocycles. The minimum atomic E-state index is -0.900. The molecule has 100 valence electrons. The van der Waals surface area contributed by atoms with Gasteiger partial charge in [0.15, 0.2) is 11.6 Å². The summed E-state index contributed by atoms with van der Waals surface area (Å²) in [5.74, 6) is -0.335. The zero-order valence-corrected chi connectivity index (χ0v) is 13.2. The van der Waals surface area contributed by atoms with Gasteiger partial charge in [-0.2, -0.15) is 0 Å². The average molecular weight is 390 g/mol. The molecule has 0 saturated carbocycles. The molecule has 0 radical (unpaired) electrons. The van der Waals surface area contributed by atoms with Gasteiger partial charge in [0.1, 0.15) is 6.10 Å². The minimum absolute atomic E-state index is 0.158. The number of aliphatic hydroxyl groups is 1. The summed E-state index contributed by atoms with van der Waals surface area (Å²) < 4.78 is 20.1. The topological polar surface area (TPSA) is 29.5 Å². The molecule has 1 atom stereocenters. The van der Waals surface area contributed by atoms with Gasteiger partial charge in [0.05, 0.1) is 7.11 Å². The van der Waals surface area contributed by atoms with Crippen molar-refractivity contribution >= 4 is 31.9 Å². The van der Waals surface area contributed by atoms with E-state index in [2.05, 4.69) is 31.9 Å². The SMILES string of the molecule is COc1ccc(C(O)c2ccc(Br)cc2Br)cc1F. The summed E-state index contributed by atoms with van der Waals surface area (Å²) in [7, 11) is 1.40. The molecule has 0 bridgehead atoms. The fraction of sp³-hybridized carbons (Fsp3) is 0.143. The Kier molecular flexibility index (Phi) is 4.60. The van der Waals surface area contributed by atoms with Crippen molar-refractivity contribution in [2.75, 3.05) is 7.11 Å². The normalized spacial score (nSPS) is 12.3. The zero-order chi connectivity index (χ0) is 14.0. The highest BCUT2D eigenvalue weighted by atomic mass is 79.9. The predicted octanol–water partition coefficient (Wildman–Crippen LogP) is 4.44. The molecule has 0 aromatic heterocycles. The fourth-order valence-corrected chi connectivity index (χ4v) is 3.02. The van der Waals surface area contributed by atoms with Gasteiger partial charge in [-0.3, -0.25) is 0 Å². The zero-order valence-electron chi connectivity index (χ0n) is 10.0. The number of methoxy groups -OCH3 is 1. The largest absolute Gasteiger partial charge is 0.494 e. The summed E-state index contributed by atoms with van der Waals surface area (Å²) in [5.41, 5.74) is 1.15. The second-order valence-electron chi connectivity index (χ2n) is 3.96. The lowest BCUT2D eigenvalue weighted by molar-refractivity contribution is 0.218. The van der Waals surface area contributed by atoms with Crippen LogP contribution in [0.25, 0.3) is 0 Å². The smallest absolute Gasteiger partial charge is 0.165 e. The molecule has 0 heterocycles. The van der Waals surface area contributed by atoms with Crippen molar-refractivity contribution in [2.24, 2.45) is 0 Å². The molecule has 0 aliphatic carbocycles. The lowest BCUT2D eigenvalue weighted by atomic mass is 10.0. The Morgan fingerprint density at radius 2 is 1.89 bits per heavy atom. The van der Waals surface area contributed by atoms with Gasteiger partial charge in [0.25, 0.3) is 0 Å². The molecule has 2 aromatic rings. The first-order chi connectivity index (χ1) is 9.02. The molecule has 1 N–H and O–H groups in total. The van der Waals surface area contributed by atoms with Crippen LogP contribution in [0.5, 0.6) is 5.75 Å². The summed E-state index contributed by atoms with van der Waals surface area (Å²) in [6.45, 7) is 0. The molecule has 0 aliphatic rings. The predicted molar refractivity (Wildman–Crippen MR) is 78.9 cm³/mol. The van der Waals surface area contributed by atoms with Crippen LogP contribution in [0.4, 0.5) is 4.39 Å². The fourth-order valence-electron chi connectivity index (χ4n) is 1.76.